The second-order valence-electron chi connectivity index (χ2n) is 4.63. The third kappa shape index (κ3) is 4.76. The quantitative estimate of drug-likeness (QED) is 0.848. The molecule has 2 amide bonds. The fourth-order valence-corrected chi connectivity index (χ4v) is 2.05. The number of nitriles is 1. The van der Waals surface area contributed by atoms with E-state index in [1.54, 1.807) is 6.07 Å². The lowest BCUT2D eigenvalue weighted by atomic mass is 10.2. The molecule has 7 heteroatoms. The van der Waals surface area contributed by atoms with E-state index >= 15 is 0 Å². The Kier molecular flexibility index (Phi) is 6.18. The van der Waals surface area contributed by atoms with Crippen molar-refractivity contribution in [2.24, 2.45) is 0 Å². The third-order valence-electron chi connectivity index (χ3n) is 2.80. The van der Waals surface area contributed by atoms with Gasteiger partial charge in [0.15, 0.2) is 0 Å². The van der Waals surface area contributed by atoms with Gasteiger partial charge in [0, 0.05) is 17.1 Å². The number of carboxylic acids is 1. The lowest BCUT2D eigenvalue weighted by Crippen LogP contribution is -2.40. The van der Waals surface area contributed by atoms with E-state index < -0.39 is 5.97 Å². The highest BCUT2D eigenvalue weighted by Gasteiger charge is 2.18. The predicted octanol–water partition coefficient (Wildman–Crippen LogP) is 3.30. The third-order valence-corrected chi connectivity index (χ3v) is 3.50. The molecule has 6 nitrogen and oxygen atoms in total. The normalized spacial score (nSPS) is 10.0. The molecular weight excluding hydrogens is 338 g/mol. The summed E-state index contributed by atoms with van der Waals surface area (Å²) >= 11 is 3.27. The number of carbonyl (C=O) groups is 2. The SMILES string of the molecule is CC(C)N(CCC#N)C(=O)Nc1cc(C(=O)O)ccc1Br. The molecule has 0 aromatic heterocycles. The van der Waals surface area contributed by atoms with Gasteiger partial charge < -0.3 is 15.3 Å². The van der Waals surface area contributed by atoms with Gasteiger partial charge in [0.25, 0.3) is 0 Å². The molecule has 0 saturated heterocycles. The number of nitrogens with zero attached hydrogens (tertiary/aromatic N) is 2. The standard InChI is InChI=1S/C14H16BrN3O3/c1-9(2)18(7-3-6-16)14(21)17-12-8-10(13(19)20)4-5-11(12)15/h4-5,8-9H,3,7H2,1-2H3,(H,17,21)(H,19,20). The Morgan fingerprint density at radius 1 is 1.48 bits per heavy atom. The van der Waals surface area contributed by atoms with Crippen LogP contribution < -0.4 is 5.32 Å². The van der Waals surface area contributed by atoms with Crippen molar-refractivity contribution < 1.29 is 14.7 Å². The Morgan fingerprint density at radius 2 is 2.14 bits per heavy atom. The van der Waals surface area contributed by atoms with Crippen LogP contribution in [0.5, 0.6) is 0 Å². The lowest BCUT2D eigenvalue weighted by Gasteiger charge is -2.26. The molecule has 1 aromatic carbocycles. The molecule has 0 unspecified atom stereocenters. The minimum absolute atomic E-state index is 0.0696. The number of carboxylic acid groups (broad SMARTS) is 1. The Labute approximate surface area is 131 Å². The molecule has 2 N–H and O–H groups in total. The van der Waals surface area contributed by atoms with Crippen molar-refractivity contribution >= 4 is 33.6 Å². The van der Waals surface area contributed by atoms with E-state index in [0.717, 1.165) is 0 Å². The van der Waals surface area contributed by atoms with E-state index in [-0.39, 0.29) is 24.1 Å². The number of amides is 2. The first-order valence-electron chi connectivity index (χ1n) is 6.34. The molecular formula is C14H16BrN3O3. The van der Waals surface area contributed by atoms with E-state index in [1.165, 1.54) is 17.0 Å². The highest BCUT2D eigenvalue weighted by Crippen LogP contribution is 2.24. The first kappa shape index (κ1) is 17.0. The first-order chi connectivity index (χ1) is 9.86. The molecule has 0 spiro atoms. The molecule has 112 valence electrons. The van der Waals surface area contributed by atoms with Crippen LogP contribution in [-0.2, 0) is 0 Å². The van der Waals surface area contributed by atoms with Crippen LogP contribution >= 0.6 is 15.9 Å². The summed E-state index contributed by atoms with van der Waals surface area (Å²) < 4.78 is 0.588. The highest BCUT2D eigenvalue weighted by molar-refractivity contribution is 9.10. The number of aromatic carboxylic acids is 1. The van der Waals surface area contributed by atoms with Crippen molar-refractivity contribution in [3.8, 4) is 6.07 Å². The summed E-state index contributed by atoms with van der Waals surface area (Å²) in [7, 11) is 0. The molecule has 0 radical (unpaired) electrons. The minimum atomic E-state index is -1.07. The van der Waals surface area contributed by atoms with Gasteiger partial charge >= 0.3 is 12.0 Å². The van der Waals surface area contributed by atoms with Gasteiger partial charge in [-0.05, 0) is 48.0 Å². The maximum Gasteiger partial charge on any atom is 0.335 e. The highest BCUT2D eigenvalue weighted by atomic mass is 79.9. The van der Waals surface area contributed by atoms with Crippen LogP contribution in [0.15, 0.2) is 22.7 Å². The summed E-state index contributed by atoms with van der Waals surface area (Å²) in [5.74, 6) is -1.07. The second kappa shape index (κ2) is 7.64. The maximum atomic E-state index is 12.2. The molecule has 21 heavy (non-hydrogen) atoms. The van der Waals surface area contributed by atoms with Crippen LogP contribution in [0.25, 0.3) is 0 Å². The van der Waals surface area contributed by atoms with Crippen LogP contribution in [0.4, 0.5) is 10.5 Å². The number of carbonyl (C=O) groups excluding carboxylic acids is 1. The monoisotopic (exact) mass is 353 g/mol. The Morgan fingerprint density at radius 3 is 2.67 bits per heavy atom. The summed E-state index contributed by atoms with van der Waals surface area (Å²) in [5.41, 5.74) is 0.462. The molecule has 0 bridgehead atoms. The molecule has 0 fully saturated rings. The van der Waals surface area contributed by atoms with Crippen LogP contribution in [-0.4, -0.2) is 34.6 Å². The van der Waals surface area contributed by atoms with Gasteiger partial charge in [-0.2, -0.15) is 5.26 Å². The fraction of sp³-hybridized carbons (Fsp3) is 0.357. The maximum absolute atomic E-state index is 12.2. The zero-order valence-electron chi connectivity index (χ0n) is 11.8. The zero-order valence-corrected chi connectivity index (χ0v) is 13.3. The van der Waals surface area contributed by atoms with Gasteiger partial charge in [0.2, 0.25) is 0 Å². The van der Waals surface area contributed by atoms with E-state index in [4.69, 9.17) is 10.4 Å². The fourth-order valence-electron chi connectivity index (χ4n) is 1.71. The van der Waals surface area contributed by atoms with E-state index in [9.17, 15) is 9.59 Å². The number of urea groups is 1. The molecule has 0 heterocycles. The molecule has 0 saturated carbocycles. The number of nitrogens with one attached hydrogen (secondary N) is 1. The summed E-state index contributed by atoms with van der Waals surface area (Å²) in [6, 6.07) is 5.95. The molecule has 1 rings (SSSR count). The lowest BCUT2D eigenvalue weighted by molar-refractivity contribution is 0.0697. The van der Waals surface area contributed by atoms with Crippen molar-refractivity contribution in [1.29, 1.82) is 5.26 Å². The van der Waals surface area contributed by atoms with Crippen molar-refractivity contribution in [2.45, 2.75) is 26.3 Å². The first-order valence-corrected chi connectivity index (χ1v) is 7.13. The Balaban J connectivity index is 2.93. The van der Waals surface area contributed by atoms with Crippen molar-refractivity contribution in [3.63, 3.8) is 0 Å². The van der Waals surface area contributed by atoms with Gasteiger partial charge in [0.05, 0.1) is 23.7 Å². The van der Waals surface area contributed by atoms with Crippen molar-refractivity contribution in [2.75, 3.05) is 11.9 Å². The van der Waals surface area contributed by atoms with E-state index in [2.05, 4.69) is 21.2 Å². The minimum Gasteiger partial charge on any atom is -0.478 e. The number of benzene rings is 1. The second-order valence-corrected chi connectivity index (χ2v) is 5.48. The topological polar surface area (TPSA) is 93.4 Å². The smallest absolute Gasteiger partial charge is 0.335 e. The average molecular weight is 354 g/mol. The van der Waals surface area contributed by atoms with Gasteiger partial charge in [0.1, 0.15) is 0 Å². The summed E-state index contributed by atoms with van der Waals surface area (Å²) in [6.45, 7) is 4.01. The van der Waals surface area contributed by atoms with Gasteiger partial charge in [-0.25, -0.2) is 9.59 Å². The largest absolute Gasteiger partial charge is 0.478 e. The van der Waals surface area contributed by atoms with Gasteiger partial charge in [-0.15, -0.1) is 0 Å². The van der Waals surface area contributed by atoms with Crippen molar-refractivity contribution in [1.82, 2.24) is 4.90 Å². The van der Waals surface area contributed by atoms with E-state index in [0.29, 0.717) is 16.7 Å². The van der Waals surface area contributed by atoms with E-state index in [1.807, 2.05) is 19.9 Å². The predicted molar refractivity (Wildman–Crippen MR) is 82.2 cm³/mol. The van der Waals surface area contributed by atoms with Crippen LogP contribution in [0.2, 0.25) is 0 Å². The summed E-state index contributed by atoms with van der Waals surface area (Å²) in [6.07, 6.45) is 0.238. The summed E-state index contributed by atoms with van der Waals surface area (Å²) in [5, 5.41) is 20.3. The van der Waals surface area contributed by atoms with Gasteiger partial charge in [-0.1, -0.05) is 0 Å². The molecule has 0 aliphatic rings. The molecule has 0 aliphatic heterocycles. The Bertz CT molecular complexity index is 581. The Hall–Kier alpha value is -2.07. The zero-order chi connectivity index (χ0) is 16.0. The van der Waals surface area contributed by atoms with Gasteiger partial charge in [-0.3, -0.25) is 0 Å². The number of anilines is 1. The average Bonchev–Trinajstić information content (AvgIpc) is 2.41. The van der Waals surface area contributed by atoms with Crippen LogP contribution in [0.3, 0.4) is 0 Å². The number of hydrogen-bond acceptors (Lipinski definition) is 3. The molecule has 1 aromatic rings. The van der Waals surface area contributed by atoms with Crippen LogP contribution in [0, 0.1) is 11.3 Å². The van der Waals surface area contributed by atoms with Crippen molar-refractivity contribution in [3.05, 3.63) is 28.2 Å². The molecule has 0 aliphatic carbocycles. The van der Waals surface area contributed by atoms with Crippen LogP contribution in [0.1, 0.15) is 30.6 Å². The molecule has 0 atom stereocenters. The number of hydrogen-bond donors (Lipinski definition) is 2. The summed E-state index contributed by atoms with van der Waals surface area (Å²) in [4.78, 5) is 24.7. The number of rotatable bonds is 5. The number of halogens is 1.